The van der Waals surface area contributed by atoms with Gasteiger partial charge in [-0.15, -0.1) is 0 Å². The fourth-order valence-electron chi connectivity index (χ4n) is 3.62. The lowest BCUT2D eigenvalue weighted by molar-refractivity contribution is 0.309. The Morgan fingerprint density at radius 3 is 2.46 bits per heavy atom. The van der Waals surface area contributed by atoms with Crippen molar-refractivity contribution in [2.45, 2.75) is 26.4 Å². The minimum Gasteiger partial charge on any atom is -0.497 e. The second-order valence-corrected chi connectivity index (χ2v) is 6.90. The van der Waals surface area contributed by atoms with Crippen LogP contribution >= 0.6 is 0 Å². The molecule has 0 amide bonds. The Morgan fingerprint density at radius 1 is 0.857 bits per heavy atom. The fourth-order valence-corrected chi connectivity index (χ4v) is 3.62. The molecule has 0 fully saturated rings. The van der Waals surface area contributed by atoms with Crippen molar-refractivity contribution < 1.29 is 9.47 Å². The van der Waals surface area contributed by atoms with Gasteiger partial charge in [0.25, 0.3) is 0 Å². The minimum absolute atomic E-state index is 0.568. The molecule has 0 aliphatic carbocycles. The van der Waals surface area contributed by atoms with Gasteiger partial charge in [0.15, 0.2) is 0 Å². The third-order valence-corrected chi connectivity index (χ3v) is 5.09. The topological polar surface area (TPSA) is 22.9 Å². The van der Waals surface area contributed by atoms with Crippen LogP contribution in [0.2, 0.25) is 0 Å². The second-order valence-electron chi connectivity index (χ2n) is 6.90. The van der Waals surface area contributed by atoms with E-state index in [0.717, 1.165) is 29.9 Å². The number of hydrogen-bond acceptors (Lipinski definition) is 2. The van der Waals surface area contributed by atoms with Gasteiger partial charge < -0.3 is 13.9 Å². The lowest BCUT2D eigenvalue weighted by Crippen LogP contribution is -2.00. The Hall–Kier alpha value is -3.20. The highest BCUT2D eigenvalue weighted by Crippen LogP contribution is 2.28. The first-order chi connectivity index (χ1) is 13.8. The number of methoxy groups -OCH3 is 1. The highest BCUT2D eigenvalue weighted by atomic mass is 16.5. The van der Waals surface area contributed by atoms with Crippen molar-refractivity contribution in [3.8, 4) is 11.5 Å². The Morgan fingerprint density at radius 2 is 1.68 bits per heavy atom. The molecule has 0 saturated heterocycles. The highest BCUT2D eigenvalue weighted by Gasteiger charge is 2.13. The molecule has 4 rings (SSSR count). The number of fused-ring (bicyclic) bond motifs is 1. The average molecular weight is 371 g/mol. The van der Waals surface area contributed by atoms with Crippen molar-refractivity contribution in [1.82, 2.24) is 4.40 Å². The standard InChI is InChI=1S/C25H25NO2/c1-3-21-17-24-25(28-18-19-9-5-4-6-10-19)13-8-14-26(24)23(21)16-20-11-7-12-22(15-20)27-2/h4-15,17H,3,16,18H2,1-2H3. The summed E-state index contributed by atoms with van der Waals surface area (Å²) in [4.78, 5) is 0. The fraction of sp³-hybridized carbons (Fsp3) is 0.200. The zero-order chi connectivity index (χ0) is 19.3. The molecule has 2 aromatic heterocycles. The van der Waals surface area contributed by atoms with Crippen LogP contribution in [0.5, 0.6) is 11.5 Å². The lowest BCUT2D eigenvalue weighted by Gasteiger charge is -2.10. The summed E-state index contributed by atoms with van der Waals surface area (Å²) >= 11 is 0. The van der Waals surface area contributed by atoms with Crippen molar-refractivity contribution in [1.29, 1.82) is 0 Å². The third-order valence-electron chi connectivity index (χ3n) is 5.09. The zero-order valence-corrected chi connectivity index (χ0v) is 16.4. The van der Waals surface area contributed by atoms with Gasteiger partial charge in [0, 0.05) is 18.3 Å². The molecule has 2 heterocycles. The third kappa shape index (κ3) is 3.74. The van der Waals surface area contributed by atoms with Gasteiger partial charge in [-0.05, 0) is 53.4 Å². The molecule has 0 N–H and O–H groups in total. The van der Waals surface area contributed by atoms with Gasteiger partial charge in [-0.2, -0.15) is 0 Å². The molecule has 0 saturated carbocycles. The van der Waals surface area contributed by atoms with Crippen molar-refractivity contribution in [3.05, 3.63) is 101 Å². The van der Waals surface area contributed by atoms with Gasteiger partial charge >= 0.3 is 0 Å². The molecule has 4 aromatic rings. The van der Waals surface area contributed by atoms with E-state index in [0.29, 0.717) is 6.61 Å². The monoisotopic (exact) mass is 371 g/mol. The van der Waals surface area contributed by atoms with E-state index in [9.17, 15) is 0 Å². The number of aryl methyl sites for hydroxylation is 1. The van der Waals surface area contributed by atoms with Crippen LogP contribution in [0.1, 0.15) is 29.3 Å². The van der Waals surface area contributed by atoms with Crippen molar-refractivity contribution in [2.24, 2.45) is 0 Å². The van der Waals surface area contributed by atoms with E-state index >= 15 is 0 Å². The lowest BCUT2D eigenvalue weighted by atomic mass is 10.1. The van der Waals surface area contributed by atoms with Crippen LogP contribution < -0.4 is 9.47 Å². The van der Waals surface area contributed by atoms with E-state index in [1.54, 1.807) is 7.11 Å². The Balaban J connectivity index is 1.67. The number of pyridine rings is 1. The van der Waals surface area contributed by atoms with Crippen molar-refractivity contribution >= 4 is 5.52 Å². The van der Waals surface area contributed by atoms with Crippen LogP contribution in [0.25, 0.3) is 5.52 Å². The van der Waals surface area contributed by atoms with Gasteiger partial charge in [-0.3, -0.25) is 0 Å². The molecular weight excluding hydrogens is 346 g/mol. The molecule has 3 heteroatoms. The number of ether oxygens (including phenoxy) is 2. The van der Waals surface area contributed by atoms with Crippen LogP contribution in [0.15, 0.2) is 79.0 Å². The largest absolute Gasteiger partial charge is 0.497 e. The smallest absolute Gasteiger partial charge is 0.143 e. The quantitative estimate of drug-likeness (QED) is 0.417. The number of benzene rings is 2. The van der Waals surface area contributed by atoms with Crippen LogP contribution in [0.3, 0.4) is 0 Å². The number of rotatable bonds is 7. The normalized spacial score (nSPS) is 10.9. The predicted molar refractivity (Wildman–Crippen MR) is 113 cm³/mol. The molecule has 0 atom stereocenters. The summed E-state index contributed by atoms with van der Waals surface area (Å²) in [7, 11) is 1.71. The summed E-state index contributed by atoms with van der Waals surface area (Å²) in [5.41, 5.74) is 6.18. The molecule has 0 aliphatic rings. The molecule has 0 aliphatic heterocycles. The SMILES string of the molecule is CCc1cc2c(OCc3ccccc3)cccn2c1Cc1cccc(OC)c1. The maximum atomic E-state index is 6.16. The molecular formula is C25H25NO2. The Bertz CT molecular complexity index is 1070. The molecule has 0 spiro atoms. The van der Waals surface area contributed by atoms with Gasteiger partial charge in [0.1, 0.15) is 18.1 Å². The summed E-state index contributed by atoms with van der Waals surface area (Å²) < 4.78 is 13.8. The van der Waals surface area contributed by atoms with Gasteiger partial charge in [0.2, 0.25) is 0 Å². The molecule has 28 heavy (non-hydrogen) atoms. The minimum atomic E-state index is 0.568. The number of hydrogen-bond donors (Lipinski definition) is 0. The molecule has 3 nitrogen and oxygen atoms in total. The maximum absolute atomic E-state index is 6.16. The average Bonchev–Trinajstić information content (AvgIpc) is 3.11. The molecule has 0 unspecified atom stereocenters. The van der Waals surface area contributed by atoms with Crippen molar-refractivity contribution in [3.63, 3.8) is 0 Å². The van der Waals surface area contributed by atoms with Crippen LogP contribution in [-0.4, -0.2) is 11.5 Å². The molecule has 0 radical (unpaired) electrons. The van der Waals surface area contributed by atoms with Crippen LogP contribution in [-0.2, 0) is 19.4 Å². The van der Waals surface area contributed by atoms with E-state index in [1.807, 2.05) is 36.4 Å². The summed E-state index contributed by atoms with van der Waals surface area (Å²) in [6.07, 6.45) is 3.97. The maximum Gasteiger partial charge on any atom is 0.143 e. The van der Waals surface area contributed by atoms with Crippen molar-refractivity contribution in [2.75, 3.05) is 7.11 Å². The van der Waals surface area contributed by atoms with E-state index in [4.69, 9.17) is 9.47 Å². The van der Waals surface area contributed by atoms with E-state index in [-0.39, 0.29) is 0 Å². The summed E-state index contributed by atoms with van der Waals surface area (Å²) in [6, 6.07) is 24.9. The predicted octanol–water partition coefficient (Wildman–Crippen LogP) is 5.68. The zero-order valence-electron chi connectivity index (χ0n) is 16.4. The van der Waals surface area contributed by atoms with Gasteiger partial charge in [0.05, 0.1) is 12.6 Å². The molecule has 142 valence electrons. The first-order valence-corrected chi connectivity index (χ1v) is 9.70. The van der Waals surface area contributed by atoms with Gasteiger partial charge in [-0.1, -0.05) is 49.4 Å². The number of nitrogens with zero attached hydrogens (tertiary/aromatic N) is 1. The first-order valence-electron chi connectivity index (χ1n) is 9.70. The first kappa shape index (κ1) is 18.2. The Labute approximate surface area is 166 Å². The highest BCUT2D eigenvalue weighted by molar-refractivity contribution is 5.64. The van der Waals surface area contributed by atoms with E-state index in [1.165, 1.54) is 22.4 Å². The Kier molecular flexibility index (Phi) is 5.34. The van der Waals surface area contributed by atoms with E-state index in [2.05, 4.69) is 53.9 Å². The summed E-state index contributed by atoms with van der Waals surface area (Å²) in [5, 5.41) is 0. The molecule has 0 bridgehead atoms. The van der Waals surface area contributed by atoms with Crippen LogP contribution in [0, 0.1) is 0 Å². The van der Waals surface area contributed by atoms with Gasteiger partial charge in [-0.25, -0.2) is 0 Å². The number of aromatic nitrogens is 1. The summed E-state index contributed by atoms with van der Waals surface area (Å²) in [6.45, 7) is 2.77. The van der Waals surface area contributed by atoms with E-state index < -0.39 is 0 Å². The molecule has 2 aromatic carbocycles. The van der Waals surface area contributed by atoms with Crippen LogP contribution in [0.4, 0.5) is 0 Å². The second kappa shape index (κ2) is 8.22. The summed E-state index contributed by atoms with van der Waals surface area (Å²) in [5.74, 6) is 1.81.